The van der Waals surface area contributed by atoms with Crippen LogP contribution < -0.4 is 9.47 Å². The molecule has 1 heterocycles. The fraction of sp³-hybridized carbons (Fsp3) is 0.490. The van der Waals surface area contributed by atoms with E-state index >= 15 is 0 Å². The molecule has 12 nitrogen and oxygen atoms in total. The number of allylic oxidation sites excluding steroid dienone is 1. The summed E-state index contributed by atoms with van der Waals surface area (Å²) in [6, 6.07) is 22.0. The van der Waals surface area contributed by atoms with Crippen molar-refractivity contribution in [1.29, 1.82) is 0 Å². The zero-order valence-corrected chi connectivity index (χ0v) is 34.9. The van der Waals surface area contributed by atoms with E-state index in [1.165, 1.54) is 0 Å². The van der Waals surface area contributed by atoms with Gasteiger partial charge in [0.15, 0.2) is 0 Å². The average molecular weight is 837 g/mol. The summed E-state index contributed by atoms with van der Waals surface area (Å²) in [6.07, 6.45) is 11.2. The number of benzene rings is 3. The molecule has 0 aromatic heterocycles. The van der Waals surface area contributed by atoms with Crippen LogP contribution in [-0.2, 0) is 25.7 Å². The molecule has 0 unspecified atom stereocenters. The fourth-order valence-corrected chi connectivity index (χ4v) is 9.57. The molecule has 6 atom stereocenters. The second kappa shape index (κ2) is 21.3. The normalized spacial score (nSPS) is 24.5. The van der Waals surface area contributed by atoms with Crippen molar-refractivity contribution >= 4 is 17.9 Å². The maximum atomic E-state index is 14.6. The largest absolute Gasteiger partial charge is 0.459 e. The van der Waals surface area contributed by atoms with Crippen LogP contribution in [0.4, 0.5) is 0 Å². The number of carbonyl (C=O) groups excluding carboxylic acids is 2. The standard InChI is InChI=1S/C49H60N2O10/c1-2-25-58-49-45(51(21-26-57-27-24-54)48(56)36-17-18-36)31-43(50-59-33-34-11-4-3-5-12-34)41-29-37(14-6-8-22-52)40(16-7-9-23-53)46(47(41)49)42-30-39(19-20-44(42)61-49)60-38-15-10-13-35(28-38)32-55/h2-5,10-13,15,19-20,28-30,32,36-37,40,45-47,52-54H,1,6-9,14,16-18,21-27,31,33H2/t37-,40+,45-,46+,47+,49+/m0/s1. The quantitative estimate of drug-likeness (QED) is 0.0360. The van der Waals surface area contributed by atoms with E-state index in [1.54, 1.807) is 24.3 Å². The van der Waals surface area contributed by atoms with E-state index < -0.39 is 17.7 Å². The van der Waals surface area contributed by atoms with Gasteiger partial charge < -0.3 is 44.0 Å². The SMILES string of the molecule is C=CCO[C@@]12Oc3ccc(Oc4cccc(C=O)c4)cc3[C@H]3[C@H](CCCCO)[C@@H](CCCCO)C=C(C(=NOCc4ccccc4)C[C@@H]1N(CCOCCO)C(=O)C1CC1)[C@H]32. The number of amides is 1. The number of oxime groups is 1. The zero-order chi connectivity index (χ0) is 42.6. The third-order valence-electron chi connectivity index (χ3n) is 12.4. The van der Waals surface area contributed by atoms with Gasteiger partial charge in [0.2, 0.25) is 11.7 Å². The maximum absolute atomic E-state index is 14.6. The second-order valence-corrected chi connectivity index (χ2v) is 16.5. The molecule has 7 rings (SSSR count). The first kappa shape index (κ1) is 44.2. The number of unbranched alkanes of at least 4 members (excludes halogenated alkanes) is 2. The van der Waals surface area contributed by atoms with Crippen LogP contribution in [0.25, 0.3) is 0 Å². The Morgan fingerprint density at radius 1 is 0.918 bits per heavy atom. The van der Waals surface area contributed by atoms with Crippen molar-refractivity contribution in [3.63, 3.8) is 0 Å². The predicted molar refractivity (Wildman–Crippen MR) is 230 cm³/mol. The molecule has 0 radical (unpaired) electrons. The summed E-state index contributed by atoms with van der Waals surface area (Å²) in [5.74, 6) is -0.430. The number of carbonyl (C=O) groups is 2. The number of aliphatic hydroxyl groups is 3. The Morgan fingerprint density at radius 2 is 1.70 bits per heavy atom. The number of hydrogen-bond donors (Lipinski definition) is 3. The van der Waals surface area contributed by atoms with Crippen LogP contribution in [-0.4, -0.2) is 96.1 Å². The van der Waals surface area contributed by atoms with E-state index in [1.807, 2.05) is 59.5 Å². The first-order chi connectivity index (χ1) is 29.9. The summed E-state index contributed by atoms with van der Waals surface area (Å²) in [5.41, 5.74) is 4.05. The summed E-state index contributed by atoms with van der Waals surface area (Å²) >= 11 is 0. The molecule has 1 amide bonds. The van der Waals surface area contributed by atoms with Gasteiger partial charge in [-0.2, -0.15) is 0 Å². The van der Waals surface area contributed by atoms with Crippen LogP contribution in [0, 0.1) is 23.7 Å². The minimum atomic E-state index is -1.40. The summed E-state index contributed by atoms with van der Waals surface area (Å²) in [7, 11) is 0. The Labute approximate surface area is 358 Å². The Kier molecular flexibility index (Phi) is 15.4. The summed E-state index contributed by atoms with van der Waals surface area (Å²) < 4.78 is 26.7. The molecule has 0 spiro atoms. The molecule has 3 aromatic carbocycles. The van der Waals surface area contributed by atoms with Crippen LogP contribution in [0.3, 0.4) is 0 Å². The smallest absolute Gasteiger partial charge is 0.239 e. The highest BCUT2D eigenvalue weighted by Crippen LogP contribution is 2.62. The molecule has 326 valence electrons. The van der Waals surface area contributed by atoms with E-state index in [9.17, 15) is 24.9 Å². The van der Waals surface area contributed by atoms with Crippen LogP contribution in [0.2, 0.25) is 0 Å². The highest BCUT2D eigenvalue weighted by molar-refractivity contribution is 6.03. The van der Waals surface area contributed by atoms with E-state index in [4.69, 9.17) is 28.9 Å². The molecule has 2 saturated carbocycles. The number of rotatable bonds is 24. The number of aliphatic hydroxyl groups excluding tert-OH is 3. The molecule has 1 aliphatic heterocycles. The van der Waals surface area contributed by atoms with Crippen molar-refractivity contribution in [2.24, 2.45) is 28.8 Å². The van der Waals surface area contributed by atoms with Crippen LogP contribution >= 0.6 is 0 Å². The fourth-order valence-electron chi connectivity index (χ4n) is 9.57. The number of ether oxygens (including phenoxy) is 4. The first-order valence-electron chi connectivity index (χ1n) is 21.9. The Balaban J connectivity index is 1.42. The molecule has 61 heavy (non-hydrogen) atoms. The number of aldehydes is 1. The van der Waals surface area contributed by atoms with Gasteiger partial charge in [0, 0.05) is 49.1 Å². The Morgan fingerprint density at radius 3 is 2.44 bits per heavy atom. The van der Waals surface area contributed by atoms with Gasteiger partial charge in [0.25, 0.3) is 0 Å². The van der Waals surface area contributed by atoms with Gasteiger partial charge >= 0.3 is 0 Å². The molecule has 3 aromatic rings. The van der Waals surface area contributed by atoms with E-state index in [2.05, 4.69) is 12.7 Å². The van der Waals surface area contributed by atoms with Crippen molar-refractivity contribution in [3.8, 4) is 17.2 Å². The van der Waals surface area contributed by atoms with Gasteiger partial charge in [-0.15, -0.1) is 6.58 Å². The van der Waals surface area contributed by atoms with Crippen molar-refractivity contribution in [1.82, 2.24) is 4.90 Å². The minimum Gasteiger partial charge on any atom is -0.459 e. The maximum Gasteiger partial charge on any atom is 0.239 e. The van der Waals surface area contributed by atoms with Gasteiger partial charge in [0.05, 0.1) is 38.1 Å². The monoisotopic (exact) mass is 836 g/mol. The molecular weight excluding hydrogens is 777 g/mol. The van der Waals surface area contributed by atoms with Crippen molar-refractivity contribution in [2.45, 2.75) is 82.1 Å². The molecule has 3 N–H and O–H groups in total. The topological polar surface area (TPSA) is 157 Å². The Hall–Kier alpha value is -4.85. The lowest BCUT2D eigenvalue weighted by Gasteiger charge is -2.60. The molecule has 0 bridgehead atoms. The van der Waals surface area contributed by atoms with Gasteiger partial charge in [-0.25, -0.2) is 0 Å². The Bertz CT molecular complexity index is 2000. The van der Waals surface area contributed by atoms with Gasteiger partial charge in [-0.1, -0.05) is 72.6 Å². The number of fused-ring (bicyclic) bond motifs is 2. The molecule has 3 aliphatic carbocycles. The third kappa shape index (κ3) is 10.3. The van der Waals surface area contributed by atoms with E-state index in [-0.39, 0.29) is 88.8 Å². The highest BCUT2D eigenvalue weighted by Gasteiger charge is 2.66. The average Bonchev–Trinajstić information content (AvgIpc) is 4.14. The van der Waals surface area contributed by atoms with Crippen molar-refractivity contribution < 1.29 is 48.7 Å². The molecule has 2 fully saturated rings. The molecular formula is C49H60N2O10. The summed E-state index contributed by atoms with van der Waals surface area (Å²) in [4.78, 5) is 34.3. The van der Waals surface area contributed by atoms with Crippen LogP contribution in [0.5, 0.6) is 17.2 Å². The lowest BCUT2D eigenvalue weighted by Crippen LogP contribution is -2.70. The van der Waals surface area contributed by atoms with E-state index in [0.717, 1.165) is 61.5 Å². The zero-order valence-electron chi connectivity index (χ0n) is 34.9. The minimum absolute atomic E-state index is 0.000551. The highest BCUT2D eigenvalue weighted by atomic mass is 16.7. The van der Waals surface area contributed by atoms with Gasteiger partial charge in [-0.05, 0) is 91.8 Å². The number of hydrogen-bond acceptors (Lipinski definition) is 11. The van der Waals surface area contributed by atoms with Gasteiger partial charge in [-0.3, -0.25) is 9.59 Å². The van der Waals surface area contributed by atoms with Crippen LogP contribution in [0.15, 0.2) is 102 Å². The molecule has 12 heteroatoms. The third-order valence-corrected chi connectivity index (χ3v) is 12.4. The lowest BCUT2D eigenvalue weighted by molar-refractivity contribution is -0.258. The predicted octanol–water partition coefficient (Wildman–Crippen LogP) is 7.37. The first-order valence-corrected chi connectivity index (χ1v) is 21.9. The van der Waals surface area contributed by atoms with Crippen LogP contribution in [0.1, 0.15) is 85.2 Å². The van der Waals surface area contributed by atoms with Crippen molar-refractivity contribution in [2.75, 3.05) is 46.2 Å². The molecule has 0 saturated heterocycles. The van der Waals surface area contributed by atoms with Crippen molar-refractivity contribution in [3.05, 3.63) is 114 Å². The molecule has 4 aliphatic rings. The van der Waals surface area contributed by atoms with E-state index in [0.29, 0.717) is 41.4 Å². The summed E-state index contributed by atoms with van der Waals surface area (Å²) in [5, 5.41) is 34.3. The van der Waals surface area contributed by atoms with Gasteiger partial charge in [0.1, 0.15) is 36.2 Å². The number of nitrogens with zero attached hydrogens (tertiary/aromatic N) is 2. The second-order valence-electron chi connectivity index (χ2n) is 16.5. The lowest BCUT2D eigenvalue weighted by atomic mass is 9.55. The summed E-state index contributed by atoms with van der Waals surface area (Å²) in [6.45, 7) is 5.08.